The number of nitrogens with zero attached hydrogens (tertiary/aromatic N) is 2. The van der Waals surface area contributed by atoms with Crippen LogP contribution < -0.4 is 10.1 Å². The van der Waals surface area contributed by atoms with Gasteiger partial charge in [0.1, 0.15) is 18.4 Å². The third-order valence-electron chi connectivity index (χ3n) is 5.80. The number of hydrogen-bond acceptors (Lipinski definition) is 7. The number of rotatable bonds is 10. The molecule has 2 aromatic rings. The fraction of sp³-hybridized carbons (Fsp3) is 0.375. The van der Waals surface area contributed by atoms with Crippen molar-refractivity contribution in [3.8, 4) is 5.75 Å². The molecule has 1 fully saturated rings. The number of methoxy groups -OCH3 is 1. The second-order valence-electron chi connectivity index (χ2n) is 8.22. The van der Waals surface area contributed by atoms with E-state index in [1.54, 1.807) is 30.3 Å². The Morgan fingerprint density at radius 1 is 1.08 bits per heavy atom. The number of halogens is 1. The van der Waals surface area contributed by atoms with E-state index >= 15 is 0 Å². The van der Waals surface area contributed by atoms with Crippen LogP contribution in [0.2, 0.25) is 0 Å². The average Bonchev–Trinajstić information content (AvgIpc) is 2.90. The van der Waals surface area contributed by atoms with Gasteiger partial charge < -0.3 is 24.8 Å². The molecular weight excluding hydrogens is 570 g/mol. The molecule has 0 bridgehead atoms. The number of sulfonamides is 1. The van der Waals surface area contributed by atoms with Crippen molar-refractivity contribution in [3.63, 3.8) is 0 Å². The summed E-state index contributed by atoms with van der Waals surface area (Å²) in [5, 5.41) is 11.7. The van der Waals surface area contributed by atoms with Gasteiger partial charge in [-0.2, -0.15) is 4.31 Å². The lowest BCUT2D eigenvalue weighted by atomic mass is 10.1. The van der Waals surface area contributed by atoms with Gasteiger partial charge in [0, 0.05) is 32.6 Å². The van der Waals surface area contributed by atoms with Crippen LogP contribution in [0.5, 0.6) is 5.75 Å². The Balaban J connectivity index is 1.48. The lowest BCUT2D eigenvalue weighted by Gasteiger charge is -2.34. The second-order valence-corrected chi connectivity index (χ2v) is 11.0. The summed E-state index contributed by atoms with van der Waals surface area (Å²) >= 11 is 3.29. The zero-order chi connectivity index (χ0) is 27.0. The SMILES string of the molecule is COc1ccc(S(=O)(=O)N2CCN(C(=O)CC[C@H](NC(=O)OCc3ccccc3)C(=O)O)CC2)cc1Br. The zero-order valence-corrected chi connectivity index (χ0v) is 22.5. The van der Waals surface area contributed by atoms with Crippen LogP contribution in [0, 0.1) is 0 Å². The highest BCUT2D eigenvalue weighted by Gasteiger charge is 2.31. The lowest BCUT2D eigenvalue weighted by Crippen LogP contribution is -2.50. The number of amides is 2. The van der Waals surface area contributed by atoms with E-state index in [9.17, 15) is 27.9 Å². The number of carboxylic acid groups (broad SMARTS) is 1. The van der Waals surface area contributed by atoms with Gasteiger partial charge in [-0.1, -0.05) is 30.3 Å². The molecule has 1 aliphatic rings. The molecule has 0 saturated carbocycles. The van der Waals surface area contributed by atoms with Crippen LogP contribution in [0.4, 0.5) is 4.79 Å². The Bertz CT molecular complexity index is 1220. The van der Waals surface area contributed by atoms with Crippen molar-refractivity contribution in [1.29, 1.82) is 0 Å². The van der Waals surface area contributed by atoms with E-state index in [0.717, 1.165) is 5.56 Å². The molecule has 0 aromatic heterocycles. The number of hydrogen-bond donors (Lipinski definition) is 2. The Hall–Kier alpha value is -3.16. The smallest absolute Gasteiger partial charge is 0.408 e. The molecule has 11 nitrogen and oxygen atoms in total. The number of aliphatic carboxylic acids is 1. The predicted octanol–water partition coefficient (Wildman–Crippen LogP) is 2.45. The molecule has 13 heteroatoms. The number of nitrogens with one attached hydrogen (secondary N) is 1. The van der Waals surface area contributed by atoms with Crippen molar-refractivity contribution >= 4 is 43.9 Å². The molecule has 0 radical (unpaired) electrons. The van der Waals surface area contributed by atoms with Gasteiger partial charge in [0.05, 0.1) is 16.5 Å². The van der Waals surface area contributed by atoms with Gasteiger partial charge in [0.25, 0.3) is 0 Å². The van der Waals surface area contributed by atoms with E-state index < -0.39 is 28.1 Å². The quantitative estimate of drug-likeness (QED) is 0.425. The van der Waals surface area contributed by atoms with Gasteiger partial charge in [-0.05, 0) is 46.1 Å². The Labute approximate surface area is 223 Å². The van der Waals surface area contributed by atoms with Crippen molar-refractivity contribution in [2.45, 2.75) is 30.4 Å². The van der Waals surface area contributed by atoms with Crippen molar-refractivity contribution in [2.24, 2.45) is 0 Å². The number of piperazine rings is 1. The van der Waals surface area contributed by atoms with Crippen molar-refractivity contribution in [1.82, 2.24) is 14.5 Å². The Morgan fingerprint density at radius 2 is 1.76 bits per heavy atom. The van der Waals surface area contributed by atoms with E-state index in [-0.39, 0.29) is 56.4 Å². The van der Waals surface area contributed by atoms with Gasteiger partial charge in [0.15, 0.2) is 0 Å². The fourth-order valence-electron chi connectivity index (χ4n) is 3.72. The number of carboxylic acids is 1. The normalized spacial score (nSPS) is 15.0. The molecule has 2 amide bonds. The molecule has 1 saturated heterocycles. The summed E-state index contributed by atoms with van der Waals surface area (Å²) in [5.74, 6) is -1.10. The molecule has 200 valence electrons. The topological polar surface area (TPSA) is 143 Å². The molecule has 0 unspecified atom stereocenters. The van der Waals surface area contributed by atoms with Crippen LogP contribution in [0.25, 0.3) is 0 Å². The van der Waals surface area contributed by atoms with Gasteiger partial charge in [0.2, 0.25) is 15.9 Å². The highest BCUT2D eigenvalue weighted by atomic mass is 79.9. The van der Waals surface area contributed by atoms with E-state index in [1.165, 1.54) is 28.4 Å². The van der Waals surface area contributed by atoms with Crippen LogP contribution in [0.3, 0.4) is 0 Å². The van der Waals surface area contributed by atoms with Gasteiger partial charge in [-0.15, -0.1) is 0 Å². The maximum absolute atomic E-state index is 13.0. The number of ether oxygens (including phenoxy) is 2. The van der Waals surface area contributed by atoms with Gasteiger partial charge in [-0.3, -0.25) is 4.79 Å². The summed E-state index contributed by atoms with van der Waals surface area (Å²) in [5.41, 5.74) is 0.750. The third kappa shape index (κ3) is 7.66. The fourth-order valence-corrected chi connectivity index (χ4v) is 5.87. The van der Waals surface area contributed by atoms with Crippen molar-refractivity contribution in [2.75, 3.05) is 33.3 Å². The maximum atomic E-state index is 13.0. The third-order valence-corrected chi connectivity index (χ3v) is 8.32. The van der Waals surface area contributed by atoms with Crippen LogP contribution in [0.1, 0.15) is 18.4 Å². The van der Waals surface area contributed by atoms with E-state index in [0.29, 0.717) is 10.2 Å². The second kappa shape index (κ2) is 12.9. The lowest BCUT2D eigenvalue weighted by molar-refractivity contribution is -0.140. The van der Waals surface area contributed by atoms with Crippen LogP contribution in [0.15, 0.2) is 57.9 Å². The largest absolute Gasteiger partial charge is 0.496 e. The van der Waals surface area contributed by atoms with Gasteiger partial charge in [-0.25, -0.2) is 18.0 Å². The first-order chi connectivity index (χ1) is 17.6. The van der Waals surface area contributed by atoms with Crippen molar-refractivity contribution in [3.05, 3.63) is 58.6 Å². The first kappa shape index (κ1) is 28.4. The van der Waals surface area contributed by atoms with Crippen LogP contribution in [-0.4, -0.2) is 80.0 Å². The number of alkyl carbamates (subject to hydrolysis) is 1. The Morgan fingerprint density at radius 3 is 2.35 bits per heavy atom. The molecule has 1 heterocycles. The molecule has 2 N–H and O–H groups in total. The molecule has 37 heavy (non-hydrogen) atoms. The summed E-state index contributed by atoms with van der Waals surface area (Å²) in [6.45, 7) is 0.520. The maximum Gasteiger partial charge on any atom is 0.408 e. The molecule has 0 aliphatic carbocycles. The van der Waals surface area contributed by atoms with Gasteiger partial charge >= 0.3 is 12.1 Å². The number of carbonyl (C=O) groups is 3. The molecule has 1 atom stereocenters. The monoisotopic (exact) mass is 597 g/mol. The molecule has 0 spiro atoms. The highest BCUT2D eigenvalue weighted by molar-refractivity contribution is 9.10. The highest BCUT2D eigenvalue weighted by Crippen LogP contribution is 2.29. The summed E-state index contributed by atoms with van der Waals surface area (Å²) in [7, 11) is -2.28. The van der Waals surface area contributed by atoms with E-state index in [1.807, 2.05) is 6.07 Å². The predicted molar refractivity (Wildman–Crippen MR) is 136 cm³/mol. The summed E-state index contributed by atoms with van der Waals surface area (Å²) in [4.78, 5) is 37.8. The van der Waals surface area contributed by atoms with Crippen molar-refractivity contribution < 1.29 is 37.4 Å². The number of carbonyl (C=O) groups excluding carboxylic acids is 2. The Kier molecular flexibility index (Phi) is 9.89. The zero-order valence-electron chi connectivity index (χ0n) is 20.1. The van der Waals surface area contributed by atoms with Crippen LogP contribution in [-0.2, 0) is 31.0 Å². The molecule has 3 rings (SSSR count). The molecule has 1 aliphatic heterocycles. The summed E-state index contributed by atoms with van der Waals surface area (Å²) in [6.07, 6.45) is -1.16. The molecular formula is C24H28BrN3O8S. The van der Waals surface area contributed by atoms with Crippen LogP contribution >= 0.6 is 15.9 Å². The minimum Gasteiger partial charge on any atom is -0.496 e. The minimum absolute atomic E-state index is 0.0153. The first-order valence-corrected chi connectivity index (χ1v) is 13.7. The average molecular weight is 598 g/mol. The van der Waals surface area contributed by atoms with E-state index in [4.69, 9.17) is 9.47 Å². The summed E-state index contributed by atoms with van der Waals surface area (Å²) in [6, 6.07) is 12.1. The first-order valence-electron chi connectivity index (χ1n) is 11.4. The molecule has 2 aromatic carbocycles. The van der Waals surface area contributed by atoms with E-state index in [2.05, 4.69) is 21.2 Å². The number of benzene rings is 2. The summed E-state index contributed by atoms with van der Waals surface area (Å²) < 4.78 is 38.0. The standard InChI is InChI=1S/C24H28BrN3O8S/c1-35-21-9-7-18(15-19(21)25)37(33,34)28-13-11-27(12-14-28)22(29)10-8-20(23(30)31)26-24(32)36-16-17-5-3-2-4-6-17/h2-7,9,15,20H,8,10-14,16H2,1H3,(H,26,32)(H,30,31)/t20-/m0/s1. The minimum atomic E-state index is -3.76.